The van der Waals surface area contributed by atoms with Crippen LogP contribution < -0.4 is 10.2 Å². The standard InChI is InChI=1S/C19H29N3O2/c1-15-11-16(2)13-21(12-15)14-19(23)20-17-5-3-4-6-18(17)22-7-9-24-10-8-22/h3-6,15-16H,7-14H2,1-2H3,(H,20,23)/t15-,16+. The Bertz CT molecular complexity index is 547. The number of hydrogen-bond donors (Lipinski definition) is 1. The number of para-hydroxylation sites is 2. The molecule has 0 aromatic heterocycles. The zero-order valence-electron chi connectivity index (χ0n) is 14.8. The average molecular weight is 331 g/mol. The molecule has 2 aliphatic heterocycles. The number of nitrogens with zero attached hydrogens (tertiary/aromatic N) is 2. The molecule has 1 amide bonds. The highest BCUT2D eigenvalue weighted by Gasteiger charge is 2.23. The Kier molecular flexibility index (Phi) is 5.74. The molecular formula is C19H29N3O2. The number of ether oxygens (including phenoxy) is 1. The van der Waals surface area contributed by atoms with Gasteiger partial charge < -0.3 is 15.0 Å². The van der Waals surface area contributed by atoms with E-state index in [9.17, 15) is 4.79 Å². The van der Waals surface area contributed by atoms with E-state index in [1.54, 1.807) is 0 Å². The Morgan fingerprint density at radius 2 is 1.83 bits per heavy atom. The number of anilines is 2. The topological polar surface area (TPSA) is 44.8 Å². The van der Waals surface area contributed by atoms with Crippen LogP contribution in [0.15, 0.2) is 24.3 Å². The van der Waals surface area contributed by atoms with E-state index in [1.165, 1.54) is 6.42 Å². The first kappa shape index (κ1) is 17.2. The van der Waals surface area contributed by atoms with Crippen molar-refractivity contribution in [2.75, 3.05) is 56.2 Å². The molecule has 2 fully saturated rings. The fourth-order valence-corrected chi connectivity index (χ4v) is 3.97. The van der Waals surface area contributed by atoms with E-state index in [0.717, 1.165) is 50.8 Å². The van der Waals surface area contributed by atoms with Crippen molar-refractivity contribution >= 4 is 17.3 Å². The molecule has 0 aliphatic carbocycles. The van der Waals surface area contributed by atoms with Crippen LogP contribution in [0.1, 0.15) is 20.3 Å². The molecule has 0 radical (unpaired) electrons. The average Bonchev–Trinajstić information content (AvgIpc) is 2.55. The van der Waals surface area contributed by atoms with Crippen molar-refractivity contribution in [3.8, 4) is 0 Å². The van der Waals surface area contributed by atoms with Crippen LogP contribution in [-0.4, -0.2) is 56.7 Å². The number of carbonyl (C=O) groups excluding carboxylic acids is 1. The van der Waals surface area contributed by atoms with Gasteiger partial charge in [0.15, 0.2) is 0 Å². The second-order valence-electron chi connectivity index (χ2n) is 7.30. The molecule has 5 heteroatoms. The summed E-state index contributed by atoms with van der Waals surface area (Å²) >= 11 is 0. The molecule has 0 unspecified atom stereocenters. The van der Waals surface area contributed by atoms with E-state index in [0.29, 0.717) is 18.4 Å². The first-order chi connectivity index (χ1) is 11.6. The monoisotopic (exact) mass is 331 g/mol. The van der Waals surface area contributed by atoms with Crippen molar-refractivity contribution in [2.45, 2.75) is 20.3 Å². The number of rotatable bonds is 4. The van der Waals surface area contributed by atoms with Gasteiger partial charge in [-0.25, -0.2) is 0 Å². The second-order valence-corrected chi connectivity index (χ2v) is 7.30. The van der Waals surface area contributed by atoms with Gasteiger partial charge in [0.1, 0.15) is 0 Å². The lowest BCUT2D eigenvalue weighted by atomic mass is 9.92. The lowest BCUT2D eigenvalue weighted by molar-refractivity contribution is -0.117. The van der Waals surface area contributed by atoms with Gasteiger partial charge in [0.2, 0.25) is 5.91 Å². The van der Waals surface area contributed by atoms with Crippen molar-refractivity contribution in [1.82, 2.24) is 4.90 Å². The molecule has 5 nitrogen and oxygen atoms in total. The highest BCUT2D eigenvalue weighted by atomic mass is 16.5. The summed E-state index contributed by atoms with van der Waals surface area (Å²) in [5.41, 5.74) is 2.00. The zero-order valence-corrected chi connectivity index (χ0v) is 14.8. The van der Waals surface area contributed by atoms with Crippen LogP contribution in [0, 0.1) is 11.8 Å². The van der Waals surface area contributed by atoms with Gasteiger partial charge in [0.25, 0.3) is 0 Å². The van der Waals surface area contributed by atoms with Gasteiger partial charge in [-0.15, -0.1) is 0 Å². The first-order valence-corrected chi connectivity index (χ1v) is 9.05. The molecule has 0 bridgehead atoms. The van der Waals surface area contributed by atoms with Crippen molar-refractivity contribution < 1.29 is 9.53 Å². The molecule has 2 saturated heterocycles. The molecule has 2 aliphatic rings. The number of amides is 1. The summed E-state index contributed by atoms with van der Waals surface area (Å²) in [5, 5.41) is 3.12. The van der Waals surface area contributed by atoms with Gasteiger partial charge in [-0.1, -0.05) is 26.0 Å². The molecule has 3 rings (SSSR count). The van der Waals surface area contributed by atoms with Crippen LogP contribution >= 0.6 is 0 Å². The third-order valence-corrected chi connectivity index (χ3v) is 4.84. The van der Waals surface area contributed by atoms with E-state index < -0.39 is 0 Å². The number of carbonyl (C=O) groups is 1. The van der Waals surface area contributed by atoms with Gasteiger partial charge in [0.05, 0.1) is 31.1 Å². The SMILES string of the molecule is C[C@@H]1C[C@H](C)CN(CC(=O)Nc2ccccc2N2CCOCC2)C1. The lowest BCUT2D eigenvalue weighted by Crippen LogP contribution is -2.43. The molecule has 2 heterocycles. The summed E-state index contributed by atoms with van der Waals surface area (Å²) in [5.74, 6) is 1.42. The van der Waals surface area contributed by atoms with E-state index in [1.807, 2.05) is 18.2 Å². The number of piperidine rings is 1. The van der Waals surface area contributed by atoms with Crippen LogP contribution in [0.2, 0.25) is 0 Å². The maximum absolute atomic E-state index is 12.5. The van der Waals surface area contributed by atoms with Crippen LogP contribution in [0.4, 0.5) is 11.4 Å². The number of morpholine rings is 1. The predicted octanol–water partition coefficient (Wildman–Crippen LogP) is 2.44. The van der Waals surface area contributed by atoms with Crippen LogP contribution in [-0.2, 0) is 9.53 Å². The zero-order chi connectivity index (χ0) is 16.9. The summed E-state index contributed by atoms with van der Waals surface area (Å²) in [6.07, 6.45) is 1.26. The summed E-state index contributed by atoms with van der Waals surface area (Å²) < 4.78 is 5.43. The van der Waals surface area contributed by atoms with Crippen LogP contribution in [0.25, 0.3) is 0 Å². The molecule has 2 atom stereocenters. The van der Waals surface area contributed by atoms with E-state index in [4.69, 9.17) is 4.74 Å². The number of benzene rings is 1. The Morgan fingerprint density at radius 1 is 1.17 bits per heavy atom. The van der Waals surface area contributed by atoms with Gasteiger partial charge >= 0.3 is 0 Å². The van der Waals surface area contributed by atoms with Crippen molar-refractivity contribution in [2.24, 2.45) is 11.8 Å². The first-order valence-electron chi connectivity index (χ1n) is 9.05. The Labute approximate surface area is 145 Å². The van der Waals surface area contributed by atoms with Crippen molar-refractivity contribution in [3.05, 3.63) is 24.3 Å². The Hall–Kier alpha value is -1.59. The molecule has 132 valence electrons. The number of hydrogen-bond acceptors (Lipinski definition) is 4. The molecule has 0 spiro atoms. The number of likely N-dealkylation sites (tertiary alicyclic amines) is 1. The van der Waals surface area contributed by atoms with Crippen molar-refractivity contribution in [3.63, 3.8) is 0 Å². The second kappa shape index (κ2) is 7.99. The van der Waals surface area contributed by atoms with Crippen LogP contribution in [0.5, 0.6) is 0 Å². The van der Waals surface area contributed by atoms with E-state index >= 15 is 0 Å². The van der Waals surface area contributed by atoms with Gasteiger partial charge in [-0.3, -0.25) is 9.69 Å². The minimum atomic E-state index is 0.0806. The fourth-order valence-electron chi connectivity index (χ4n) is 3.97. The minimum absolute atomic E-state index is 0.0806. The summed E-state index contributed by atoms with van der Waals surface area (Å²) in [6, 6.07) is 8.06. The molecule has 0 saturated carbocycles. The molecule has 1 aromatic rings. The van der Waals surface area contributed by atoms with Gasteiger partial charge in [-0.2, -0.15) is 0 Å². The normalized spacial score (nSPS) is 25.5. The predicted molar refractivity (Wildman–Crippen MR) is 97.5 cm³/mol. The van der Waals surface area contributed by atoms with E-state index in [-0.39, 0.29) is 5.91 Å². The largest absolute Gasteiger partial charge is 0.378 e. The minimum Gasteiger partial charge on any atom is -0.378 e. The Morgan fingerprint density at radius 3 is 2.54 bits per heavy atom. The lowest BCUT2D eigenvalue weighted by Gasteiger charge is -2.34. The molecule has 1 aromatic carbocycles. The summed E-state index contributed by atoms with van der Waals surface area (Å²) in [7, 11) is 0. The molecule has 24 heavy (non-hydrogen) atoms. The molecular weight excluding hydrogens is 302 g/mol. The van der Waals surface area contributed by atoms with E-state index in [2.05, 4.69) is 35.0 Å². The summed E-state index contributed by atoms with van der Waals surface area (Å²) in [4.78, 5) is 17.1. The smallest absolute Gasteiger partial charge is 0.238 e. The highest BCUT2D eigenvalue weighted by molar-refractivity contribution is 5.95. The number of nitrogens with one attached hydrogen (secondary N) is 1. The maximum atomic E-state index is 12.5. The van der Waals surface area contributed by atoms with Crippen molar-refractivity contribution in [1.29, 1.82) is 0 Å². The fraction of sp³-hybridized carbons (Fsp3) is 0.632. The Balaban J connectivity index is 1.62. The summed E-state index contributed by atoms with van der Waals surface area (Å²) in [6.45, 7) is 10.3. The quantitative estimate of drug-likeness (QED) is 0.920. The highest BCUT2D eigenvalue weighted by Crippen LogP contribution is 2.26. The van der Waals surface area contributed by atoms with Crippen LogP contribution in [0.3, 0.4) is 0 Å². The third kappa shape index (κ3) is 4.48. The molecule has 1 N–H and O–H groups in total. The van der Waals surface area contributed by atoms with Gasteiger partial charge in [0, 0.05) is 26.2 Å². The maximum Gasteiger partial charge on any atom is 0.238 e. The van der Waals surface area contributed by atoms with Gasteiger partial charge in [-0.05, 0) is 30.4 Å². The third-order valence-electron chi connectivity index (χ3n) is 4.84.